The maximum atomic E-state index is 10.6. The monoisotopic (exact) mass is 346 g/mol. The molecule has 4 aromatic rings. The van der Waals surface area contributed by atoms with Gasteiger partial charge in [0.05, 0.1) is 0 Å². The average Bonchev–Trinajstić information content (AvgIpc) is 3.06. The van der Waals surface area contributed by atoms with Gasteiger partial charge in [-0.15, -0.1) is 0 Å². The number of para-hydroxylation sites is 2. The Hall–Kier alpha value is -3.67. The molecule has 4 rings (SSSR count). The Balaban J connectivity index is 1.61. The highest BCUT2D eigenvalue weighted by atomic mass is 16.7. The number of rotatable bonds is 4. The van der Waals surface area contributed by atoms with Crippen LogP contribution in [0, 0.1) is 0 Å². The summed E-state index contributed by atoms with van der Waals surface area (Å²) in [6, 6.07) is 18.9. The number of pyridine rings is 1. The molecule has 6 heteroatoms. The normalized spacial score (nSPS) is 10.8. The summed E-state index contributed by atoms with van der Waals surface area (Å²) in [6.07, 6.45) is 0.748. The second kappa shape index (κ2) is 6.68. The van der Waals surface area contributed by atoms with Gasteiger partial charge in [-0.2, -0.15) is 0 Å². The highest BCUT2D eigenvalue weighted by Gasteiger charge is 2.09. The summed E-state index contributed by atoms with van der Waals surface area (Å²) in [5.41, 5.74) is 4.38. The van der Waals surface area contributed by atoms with Crippen LogP contribution in [-0.2, 0) is 6.42 Å². The number of aromatic nitrogens is 2. The van der Waals surface area contributed by atoms with E-state index in [-0.39, 0.29) is 5.88 Å². The fourth-order valence-electron chi connectivity index (χ4n) is 2.75. The fraction of sp³-hybridized carbons (Fsp3) is 0.0500. The van der Waals surface area contributed by atoms with E-state index in [4.69, 9.17) is 9.52 Å². The SMILES string of the molecule is O=C(O)Oc1cc(Cc2cccc(-c3nc4ccccc4o3)c2)ccn1. The molecule has 0 radical (unpaired) electrons. The Morgan fingerprint density at radius 3 is 2.73 bits per heavy atom. The zero-order chi connectivity index (χ0) is 17.9. The molecule has 128 valence electrons. The predicted octanol–water partition coefficient (Wildman–Crippen LogP) is 4.54. The Bertz CT molecular complexity index is 1050. The topological polar surface area (TPSA) is 85.5 Å². The number of fused-ring (bicyclic) bond motifs is 1. The molecular formula is C20H14N2O4. The lowest BCUT2D eigenvalue weighted by Gasteiger charge is -2.05. The van der Waals surface area contributed by atoms with Crippen molar-refractivity contribution in [1.82, 2.24) is 9.97 Å². The third kappa shape index (κ3) is 3.39. The van der Waals surface area contributed by atoms with Crippen molar-refractivity contribution in [2.24, 2.45) is 0 Å². The van der Waals surface area contributed by atoms with Crippen molar-refractivity contribution in [1.29, 1.82) is 0 Å². The van der Waals surface area contributed by atoms with E-state index < -0.39 is 6.16 Å². The molecule has 26 heavy (non-hydrogen) atoms. The Morgan fingerprint density at radius 1 is 1.04 bits per heavy atom. The molecule has 0 fully saturated rings. The van der Waals surface area contributed by atoms with Crippen LogP contribution in [0.3, 0.4) is 0 Å². The third-order valence-corrected chi connectivity index (χ3v) is 3.87. The second-order valence-electron chi connectivity index (χ2n) is 5.73. The van der Waals surface area contributed by atoms with Crippen molar-refractivity contribution in [3.05, 3.63) is 78.0 Å². The molecule has 0 atom stereocenters. The standard InChI is InChI=1S/C20H14N2O4/c23-20(24)26-18-12-14(8-9-21-18)10-13-4-3-5-15(11-13)19-22-16-6-1-2-7-17(16)25-19/h1-9,11-12H,10H2,(H,23,24). The summed E-state index contributed by atoms with van der Waals surface area (Å²) in [5.74, 6) is 0.628. The molecule has 0 bridgehead atoms. The molecule has 0 spiro atoms. The molecule has 2 heterocycles. The minimum atomic E-state index is -1.38. The van der Waals surface area contributed by atoms with Crippen LogP contribution in [-0.4, -0.2) is 21.2 Å². The molecule has 2 aromatic heterocycles. The molecule has 2 aromatic carbocycles. The number of nitrogens with zero attached hydrogens (tertiary/aromatic N) is 2. The average molecular weight is 346 g/mol. The molecule has 0 saturated carbocycles. The van der Waals surface area contributed by atoms with E-state index in [1.807, 2.05) is 54.6 Å². The molecule has 0 unspecified atom stereocenters. The van der Waals surface area contributed by atoms with Crippen LogP contribution in [0.15, 0.2) is 71.3 Å². The van der Waals surface area contributed by atoms with Gasteiger partial charge in [-0.25, -0.2) is 14.8 Å². The Morgan fingerprint density at radius 2 is 1.88 bits per heavy atom. The summed E-state index contributed by atoms with van der Waals surface area (Å²) >= 11 is 0. The Labute approximate surface area is 148 Å². The van der Waals surface area contributed by atoms with Crippen LogP contribution < -0.4 is 4.74 Å². The van der Waals surface area contributed by atoms with E-state index in [0.29, 0.717) is 12.3 Å². The van der Waals surface area contributed by atoms with Gasteiger partial charge in [-0.05, 0) is 47.9 Å². The van der Waals surface area contributed by atoms with Gasteiger partial charge in [0.2, 0.25) is 11.8 Å². The van der Waals surface area contributed by atoms with Crippen molar-refractivity contribution in [2.75, 3.05) is 0 Å². The van der Waals surface area contributed by atoms with Crippen LogP contribution in [0.2, 0.25) is 0 Å². The van der Waals surface area contributed by atoms with E-state index >= 15 is 0 Å². The molecule has 0 amide bonds. The van der Waals surface area contributed by atoms with E-state index in [1.165, 1.54) is 6.20 Å². The van der Waals surface area contributed by atoms with Gasteiger partial charge >= 0.3 is 6.16 Å². The minimum Gasteiger partial charge on any atom is -0.449 e. The van der Waals surface area contributed by atoms with Gasteiger partial charge in [-0.3, -0.25) is 0 Å². The third-order valence-electron chi connectivity index (χ3n) is 3.87. The second-order valence-corrected chi connectivity index (χ2v) is 5.73. The number of oxazole rings is 1. The summed E-state index contributed by atoms with van der Waals surface area (Å²) in [7, 11) is 0. The van der Waals surface area contributed by atoms with Gasteiger partial charge in [0, 0.05) is 17.8 Å². The first-order valence-corrected chi connectivity index (χ1v) is 7.98. The molecule has 6 nitrogen and oxygen atoms in total. The van der Waals surface area contributed by atoms with Crippen LogP contribution in [0.5, 0.6) is 5.88 Å². The lowest BCUT2D eigenvalue weighted by molar-refractivity contribution is 0.142. The molecule has 0 aliphatic heterocycles. The maximum absolute atomic E-state index is 10.6. The summed E-state index contributed by atoms with van der Waals surface area (Å²) in [4.78, 5) is 19.0. The maximum Gasteiger partial charge on any atom is 0.512 e. The van der Waals surface area contributed by atoms with Gasteiger partial charge in [-0.1, -0.05) is 24.3 Å². The number of carbonyl (C=O) groups is 1. The largest absolute Gasteiger partial charge is 0.512 e. The van der Waals surface area contributed by atoms with Crippen molar-refractivity contribution < 1.29 is 19.1 Å². The number of hydrogen-bond donors (Lipinski definition) is 1. The van der Waals surface area contributed by atoms with E-state index in [9.17, 15) is 4.79 Å². The van der Waals surface area contributed by atoms with Crippen LogP contribution in [0.1, 0.15) is 11.1 Å². The van der Waals surface area contributed by atoms with Crippen molar-refractivity contribution in [2.45, 2.75) is 6.42 Å². The Kier molecular flexibility index (Phi) is 4.07. The molecule has 0 saturated heterocycles. The number of carboxylic acid groups (broad SMARTS) is 1. The fourth-order valence-corrected chi connectivity index (χ4v) is 2.75. The van der Waals surface area contributed by atoms with Gasteiger partial charge in [0.25, 0.3) is 0 Å². The quantitative estimate of drug-likeness (QED) is 0.546. The minimum absolute atomic E-state index is 0.0603. The summed E-state index contributed by atoms with van der Waals surface area (Å²) in [5, 5.41) is 8.69. The lowest BCUT2D eigenvalue weighted by Crippen LogP contribution is -2.04. The first kappa shape index (κ1) is 15.8. The van der Waals surface area contributed by atoms with Gasteiger partial charge in [0.1, 0.15) is 5.52 Å². The first-order valence-electron chi connectivity index (χ1n) is 7.98. The smallest absolute Gasteiger partial charge is 0.449 e. The highest BCUT2D eigenvalue weighted by molar-refractivity contribution is 5.76. The zero-order valence-electron chi connectivity index (χ0n) is 13.6. The van der Waals surface area contributed by atoms with Crippen molar-refractivity contribution >= 4 is 17.3 Å². The first-order chi connectivity index (χ1) is 12.7. The van der Waals surface area contributed by atoms with Crippen molar-refractivity contribution in [3.8, 4) is 17.3 Å². The highest BCUT2D eigenvalue weighted by Crippen LogP contribution is 2.25. The summed E-state index contributed by atoms with van der Waals surface area (Å²) in [6.45, 7) is 0. The molecule has 0 aliphatic carbocycles. The van der Waals surface area contributed by atoms with Crippen molar-refractivity contribution in [3.63, 3.8) is 0 Å². The lowest BCUT2D eigenvalue weighted by atomic mass is 10.0. The number of benzene rings is 2. The van der Waals surface area contributed by atoms with Gasteiger partial charge < -0.3 is 14.3 Å². The zero-order valence-corrected chi connectivity index (χ0v) is 13.6. The molecule has 1 N–H and O–H groups in total. The van der Waals surface area contributed by atoms with E-state index in [0.717, 1.165) is 27.8 Å². The molecular weight excluding hydrogens is 332 g/mol. The number of hydrogen-bond acceptors (Lipinski definition) is 5. The number of ether oxygens (including phenoxy) is 1. The van der Waals surface area contributed by atoms with Crippen LogP contribution in [0.4, 0.5) is 4.79 Å². The van der Waals surface area contributed by atoms with Crippen LogP contribution >= 0.6 is 0 Å². The van der Waals surface area contributed by atoms with E-state index in [1.54, 1.807) is 6.07 Å². The van der Waals surface area contributed by atoms with Gasteiger partial charge in [0.15, 0.2) is 5.58 Å². The summed E-state index contributed by atoms with van der Waals surface area (Å²) < 4.78 is 10.4. The van der Waals surface area contributed by atoms with Crippen LogP contribution in [0.25, 0.3) is 22.6 Å². The predicted molar refractivity (Wildman–Crippen MR) is 95.1 cm³/mol. The van der Waals surface area contributed by atoms with E-state index in [2.05, 4.69) is 14.7 Å². The molecule has 0 aliphatic rings.